The molecule has 2 heterocycles. The highest BCUT2D eigenvalue weighted by molar-refractivity contribution is 7.14. The Morgan fingerprint density at radius 1 is 1.11 bits per heavy atom. The van der Waals surface area contributed by atoms with Crippen molar-refractivity contribution in [2.24, 2.45) is 5.73 Å². The van der Waals surface area contributed by atoms with Gasteiger partial charge in [0.1, 0.15) is 11.0 Å². The van der Waals surface area contributed by atoms with Crippen molar-refractivity contribution >= 4 is 39.5 Å². The number of carbonyl (C=O) groups excluding carboxylic acids is 2. The van der Waals surface area contributed by atoms with E-state index < -0.39 is 5.91 Å². The van der Waals surface area contributed by atoms with Crippen LogP contribution in [0.1, 0.15) is 39.3 Å². The molecular weight excluding hydrogens is 378 g/mol. The van der Waals surface area contributed by atoms with Crippen molar-refractivity contribution in [1.29, 1.82) is 0 Å². The van der Waals surface area contributed by atoms with Crippen LogP contribution in [0.5, 0.6) is 0 Å². The third kappa shape index (κ3) is 4.82. The topological polar surface area (TPSA) is 88.8 Å². The number of benzene rings is 1. The molecule has 0 fully saturated rings. The normalized spacial score (nSPS) is 11.9. The number of nitrogens with one attached hydrogen (secondary N) is 1. The second-order valence-electron chi connectivity index (χ2n) is 6.10. The number of quaternary nitrogens is 1. The van der Waals surface area contributed by atoms with Gasteiger partial charge in [-0.05, 0) is 34.9 Å². The van der Waals surface area contributed by atoms with Gasteiger partial charge in [0.25, 0.3) is 11.8 Å². The number of thiophene rings is 2. The molecule has 0 bridgehead atoms. The Bertz CT molecular complexity index is 902. The maximum Gasteiger partial charge on any atom is 0.280 e. The molecule has 1 aromatic carbocycles. The fourth-order valence-electron chi connectivity index (χ4n) is 2.85. The number of hydrogen-bond donors (Lipinski definition) is 3. The monoisotopic (exact) mass is 400 g/mol. The first-order chi connectivity index (χ1) is 13.1. The molecule has 2 aromatic heterocycles. The van der Waals surface area contributed by atoms with Crippen LogP contribution in [0.15, 0.2) is 53.2 Å². The molecule has 0 aliphatic rings. The molecule has 0 saturated heterocycles. The number of rotatable bonds is 8. The Hall–Kier alpha value is -2.48. The van der Waals surface area contributed by atoms with E-state index in [0.29, 0.717) is 10.6 Å². The van der Waals surface area contributed by atoms with Crippen molar-refractivity contribution in [2.45, 2.75) is 19.4 Å². The Kier molecular flexibility index (Phi) is 6.39. The van der Waals surface area contributed by atoms with Gasteiger partial charge in [-0.25, -0.2) is 0 Å². The molecule has 27 heavy (non-hydrogen) atoms. The van der Waals surface area contributed by atoms with E-state index in [1.54, 1.807) is 22.8 Å². The first kappa shape index (κ1) is 19.3. The molecule has 2 amide bonds. The average molecular weight is 401 g/mol. The Morgan fingerprint density at radius 3 is 2.52 bits per heavy atom. The zero-order chi connectivity index (χ0) is 19.2. The van der Waals surface area contributed by atoms with Gasteiger partial charge in [0.05, 0.1) is 10.4 Å². The summed E-state index contributed by atoms with van der Waals surface area (Å²) in [5.41, 5.74) is 8.13. The van der Waals surface area contributed by atoms with Crippen LogP contribution in [0, 0.1) is 0 Å². The lowest BCUT2D eigenvalue weighted by atomic mass is 10.0. The molecule has 0 saturated carbocycles. The van der Waals surface area contributed by atoms with Crippen LogP contribution >= 0.6 is 22.7 Å². The van der Waals surface area contributed by atoms with Gasteiger partial charge >= 0.3 is 0 Å². The number of amides is 2. The minimum Gasteiger partial charge on any atom is -0.366 e. The molecule has 140 valence electrons. The zero-order valence-electron chi connectivity index (χ0n) is 15.0. The van der Waals surface area contributed by atoms with E-state index in [1.807, 2.05) is 16.8 Å². The largest absolute Gasteiger partial charge is 0.366 e. The van der Waals surface area contributed by atoms with E-state index >= 15 is 0 Å². The Labute approximate surface area is 166 Å². The minimum atomic E-state index is -0.539. The van der Waals surface area contributed by atoms with Gasteiger partial charge in [-0.2, -0.15) is 0 Å². The predicted octanol–water partition coefficient (Wildman–Crippen LogP) is 2.76. The molecule has 7 heteroatoms. The maximum atomic E-state index is 12.4. The Morgan fingerprint density at radius 2 is 1.89 bits per heavy atom. The summed E-state index contributed by atoms with van der Waals surface area (Å²) in [5.74, 6) is -0.699. The minimum absolute atomic E-state index is 0.0561. The van der Waals surface area contributed by atoms with Gasteiger partial charge < -0.3 is 16.4 Å². The summed E-state index contributed by atoms with van der Waals surface area (Å²) in [6.45, 7) is 2.38. The van der Waals surface area contributed by atoms with Gasteiger partial charge in [0.15, 0.2) is 6.54 Å². The fraction of sp³-hybridized carbons (Fsp3) is 0.200. The van der Waals surface area contributed by atoms with Crippen molar-refractivity contribution < 1.29 is 14.9 Å². The SMILES string of the molecule is CCc1ccc([C@H]([NH2+]CC(=O)Nc2sccc2C(N)=O)c2cccs2)cc1. The maximum absolute atomic E-state index is 12.4. The second-order valence-corrected chi connectivity index (χ2v) is 8.00. The lowest BCUT2D eigenvalue weighted by Gasteiger charge is -2.15. The highest BCUT2D eigenvalue weighted by Gasteiger charge is 2.21. The molecule has 5 N–H and O–H groups in total. The van der Waals surface area contributed by atoms with Crippen molar-refractivity contribution in [3.8, 4) is 0 Å². The lowest BCUT2D eigenvalue weighted by Crippen LogP contribution is -2.87. The van der Waals surface area contributed by atoms with Gasteiger partial charge in [0, 0.05) is 5.56 Å². The predicted molar refractivity (Wildman–Crippen MR) is 110 cm³/mol. The summed E-state index contributed by atoms with van der Waals surface area (Å²) >= 11 is 2.97. The summed E-state index contributed by atoms with van der Waals surface area (Å²) < 4.78 is 0. The van der Waals surface area contributed by atoms with Gasteiger partial charge in [0.2, 0.25) is 0 Å². The molecule has 5 nitrogen and oxygen atoms in total. The van der Waals surface area contributed by atoms with Gasteiger partial charge in [-0.15, -0.1) is 22.7 Å². The molecule has 1 atom stereocenters. The van der Waals surface area contributed by atoms with Crippen LogP contribution in [0.4, 0.5) is 5.00 Å². The van der Waals surface area contributed by atoms with Crippen molar-refractivity contribution in [2.75, 3.05) is 11.9 Å². The highest BCUT2D eigenvalue weighted by atomic mass is 32.1. The third-order valence-electron chi connectivity index (χ3n) is 4.32. The fourth-order valence-corrected chi connectivity index (χ4v) is 4.51. The third-order valence-corrected chi connectivity index (χ3v) is 6.10. The summed E-state index contributed by atoms with van der Waals surface area (Å²) in [6, 6.07) is 14.3. The highest BCUT2D eigenvalue weighted by Crippen LogP contribution is 2.24. The van der Waals surface area contributed by atoms with Crippen LogP contribution in [0.25, 0.3) is 0 Å². The van der Waals surface area contributed by atoms with Crippen molar-refractivity contribution in [3.63, 3.8) is 0 Å². The van der Waals surface area contributed by atoms with E-state index in [-0.39, 0.29) is 18.5 Å². The molecule has 0 aliphatic carbocycles. The number of anilines is 1. The number of hydrogen-bond acceptors (Lipinski definition) is 4. The summed E-state index contributed by atoms with van der Waals surface area (Å²) in [4.78, 5) is 25.0. The first-order valence-corrected chi connectivity index (χ1v) is 10.5. The molecular formula is C20H22N3O2S2+. The summed E-state index contributed by atoms with van der Waals surface area (Å²) in [6.07, 6.45) is 0.999. The molecule has 0 unspecified atom stereocenters. The molecule has 0 radical (unpaired) electrons. The lowest BCUT2D eigenvalue weighted by molar-refractivity contribution is -0.675. The zero-order valence-corrected chi connectivity index (χ0v) is 16.6. The van der Waals surface area contributed by atoms with Crippen LogP contribution < -0.4 is 16.4 Å². The van der Waals surface area contributed by atoms with Crippen molar-refractivity contribution in [3.05, 3.63) is 74.8 Å². The molecule has 0 spiro atoms. The van der Waals surface area contributed by atoms with Crippen LogP contribution in [0.2, 0.25) is 0 Å². The Balaban J connectivity index is 1.70. The number of nitrogens with two attached hydrogens (primary N) is 2. The van der Waals surface area contributed by atoms with Crippen LogP contribution in [-0.2, 0) is 11.2 Å². The average Bonchev–Trinajstić information content (AvgIpc) is 3.34. The quantitative estimate of drug-likeness (QED) is 0.543. The van der Waals surface area contributed by atoms with E-state index in [1.165, 1.54) is 21.8 Å². The standard InChI is InChI=1S/C20H21N3O2S2/c1-2-13-5-7-14(8-6-13)18(16-4-3-10-26-16)22-12-17(24)23-20-15(19(21)25)9-11-27-20/h3-11,18,22H,2,12H2,1H3,(H2,21,25)(H,23,24)/p+1/t18-/m0/s1. The number of primary amides is 1. The summed E-state index contributed by atoms with van der Waals surface area (Å²) in [5, 5.41) is 9.09. The smallest absolute Gasteiger partial charge is 0.280 e. The summed E-state index contributed by atoms with van der Waals surface area (Å²) in [7, 11) is 0. The van der Waals surface area contributed by atoms with Gasteiger partial charge in [-0.1, -0.05) is 37.3 Å². The second kappa shape index (κ2) is 8.94. The van der Waals surface area contributed by atoms with Gasteiger partial charge in [-0.3, -0.25) is 9.59 Å². The van der Waals surface area contributed by atoms with E-state index in [9.17, 15) is 9.59 Å². The first-order valence-electron chi connectivity index (χ1n) is 8.71. The number of aryl methyl sites for hydroxylation is 1. The molecule has 3 aromatic rings. The van der Waals surface area contributed by atoms with E-state index in [2.05, 4.69) is 42.6 Å². The van der Waals surface area contributed by atoms with E-state index in [0.717, 1.165) is 12.0 Å². The van der Waals surface area contributed by atoms with Crippen LogP contribution in [0.3, 0.4) is 0 Å². The molecule has 0 aliphatic heterocycles. The number of carbonyl (C=O) groups is 2. The van der Waals surface area contributed by atoms with E-state index in [4.69, 9.17) is 5.73 Å². The van der Waals surface area contributed by atoms with Crippen molar-refractivity contribution in [1.82, 2.24) is 0 Å². The van der Waals surface area contributed by atoms with Crippen LogP contribution in [-0.4, -0.2) is 18.4 Å². The molecule has 3 rings (SSSR count).